The Balaban J connectivity index is 1.96. The normalized spacial score (nSPS) is 10.7. The highest BCUT2D eigenvalue weighted by molar-refractivity contribution is 5.88. The molecule has 0 aliphatic heterocycles. The monoisotopic (exact) mass is 427 g/mol. The number of phenolic OH excluding ortho intramolecular Hbond substituents is 3. The van der Waals surface area contributed by atoms with E-state index in [0.717, 1.165) is 16.7 Å². The van der Waals surface area contributed by atoms with Crippen molar-refractivity contribution >= 4 is 17.1 Å². The first-order valence-corrected chi connectivity index (χ1v) is 10.3. The van der Waals surface area contributed by atoms with E-state index in [1.54, 1.807) is 47.4 Å². The molecule has 4 aromatic carbocycles. The van der Waals surface area contributed by atoms with Gasteiger partial charge in [0, 0.05) is 0 Å². The summed E-state index contributed by atoms with van der Waals surface area (Å²) in [6.07, 6.45) is 0. The predicted octanol–water partition coefficient (Wildman–Crippen LogP) is 6.99. The molecule has 0 spiro atoms. The first-order chi connectivity index (χ1) is 15.4. The Morgan fingerprint density at radius 3 is 1.75 bits per heavy atom. The van der Waals surface area contributed by atoms with Gasteiger partial charge in [-0.15, -0.1) is 0 Å². The summed E-state index contributed by atoms with van der Waals surface area (Å²) < 4.78 is 6.12. The van der Waals surface area contributed by atoms with Crippen LogP contribution in [0.5, 0.6) is 28.7 Å². The molecule has 5 nitrogen and oxygen atoms in total. The third kappa shape index (κ3) is 3.93. The number of anilines is 3. The van der Waals surface area contributed by atoms with Crippen LogP contribution in [0.25, 0.3) is 0 Å². The summed E-state index contributed by atoms with van der Waals surface area (Å²) in [6, 6.07) is 23.1. The average molecular weight is 428 g/mol. The predicted molar refractivity (Wildman–Crippen MR) is 127 cm³/mol. The standard InChI is InChI=1S/C27H25NO4/c1-17-14-15-25(23(31)16-17)32-24-13-5-4-10-20(24)28(26-18(2)8-6-11-21(26)29)27-19(3)9-7-12-22(27)30/h4-16,29-31H,1-3H3. The fourth-order valence-corrected chi connectivity index (χ4v) is 3.78. The van der Waals surface area contributed by atoms with E-state index in [1.165, 1.54) is 0 Å². The van der Waals surface area contributed by atoms with Gasteiger partial charge in [-0.2, -0.15) is 0 Å². The maximum absolute atomic E-state index is 10.8. The Morgan fingerprint density at radius 2 is 1.19 bits per heavy atom. The average Bonchev–Trinajstić information content (AvgIpc) is 2.75. The fourth-order valence-electron chi connectivity index (χ4n) is 3.78. The first-order valence-electron chi connectivity index (χ1n) is 10.3. The van der Waals surface area contributed by atoms with Crippen LogP contribution in [0.1, 0.15) is 16.7 Å². The highest BCUT2D eigenvalue weighted by Crippen LogP contribution is 2.50. The molecule has 0 amide bonds. The summed E-state index contributed by atoms with van der Waals surface area (Å²) in [5.41, 5.74) is 4.21. The Hall–Kier alpha value is -4.12. The van der Waals surface area contributed by atoms with Gasteiger partial charge in [0.05, 0.1) is 17.1 Å². The van der Waals surface area contributed by atoms with Gasteiger partial charge in [-0.1, -0.05) is 42.5 Å². The lowest BCUT2D eigenvalue weighted by molar-refractivity contribution is 0.411. The zero-order valence-electron chi connectivity index (χ0n) is 18.2. The van der Waals surface area contributed by atoms with Crippen LogP contribution in [0.4, 0.5) is 17.1 Å². The SMILES string of the molecule is Cc1ccc(Oc2ccccc2N(c2c(C)cccc2O)c2c(C)cccc2O)c(O)c1. The third-order valence-electron chi connectivity index (χ3n) is 5.32. The third-order valence-corrected chi connectivity index (χ3v) is 5.32. The van der Waals surface area contributed by atoms with Crippen LogP contribution in [-0.2, 0) is 0 Å². The molecule has 4 rings (SSSR count). The lowest BCUT2D eigenvalue weighted by Gasteiger charge is -2.30. The molecule has 0 aliphatic carbocycles. The summed E-state index contributed by atoms with van der Waals surface area (Å²) in [5.74, 6) is 0.938. The van der Waals surface area contributed by atoms with Gasteiger partial charge in [0.2, 0.25) is 0 Å². The minimum Gasteiger partial charge on any atom is -0.506 e. The Bertz CT molecular complexity index is 1190. The second-order valence-electron chi connectivity index (χ2n) is 7.76. The maximum atomic E-state index is 10.8. The summed E-state index contributed by atoms with van der Waals surface area (Å²) in [6.45, 7) is 5.68. The molecular weight excluding hydrogens is 402 g/mol. The van der Waals surface area contributed by atoms with E-state index in [0.29, 0.717) is 28.6 Å². The van der Waals surface area contributed by atoms with Crippen molar-refractivity contribution in [3.63, 3.8) is 0 Å². The van der Waals surface area contributed by atoms with Crippen LogP contribution in [0.15, 0.2) is 78.9 Å². The summed E-state index contributed by atoms with van der Waals surface area (Å²) >= 11 is 0. The van der Waals surface area contributed by atoms with Gasteiger partial charge in [0.25, 0.3) is 0 Å². The molecule has 0 radical (unpaired) electrons. The molecule has 0 saturated carbocycles. The lowest BCUT2D eigenvalue weighted by atomic mass is 10.1. The molecule has 4 aromatic rings. The smallest absolute Gasteiger partial charge is 0.169 e. The quantitative estimate of drug-likeness (QED) is 0.320. The van der Waals surface area contributed by atoms with Crippen LogP contribution in [0.2, 0.25) is 0 Å². The van der Waals surface area contributed by atoms with Crippen LogP contribution in [0, 0.1) is 20.8 Å². The zero-order valence-corrected chi connectivity index (χ0v) is 18.2. The Kier molecular flexibility index (Phi) is 5.65. The molecule has 162 valence electrons. The van der Waals surface area contributed by atoms with Gasteiger partial charge in [0.15, 0.2) is 17.2 Å². The van der Waals surface area contributed by atoms with E-state index in [-0.39, 0.29) is 17.2 Å². The molecule has 0 aliphatic rings. The number of phenols is 3. The van der Waals surface area contributed by atoms with Gasteiger partial charge in [-0.3, -0.25) is 4.90 Å². The van der Waals surface area contributed by atoms with Crippen LogP contribution in [-0.4, -0.2) is 15.3 Å². The molecule has 0 unspecified atom stereocenters. The number of nitrogens with zero attached hydrogens (tertiary/aromatic N) is 1. The van der Waals surface area contributed by atoms with E-state index < -0.39 is 0 Å². The number of rotatable bonds is 5. The Morgan fingerprint density at radius 1 is 0.594 bits per heavy atom. The lowest BCUT2D eigenvalue weighted by Crippen LogP contribution is -2.14. The number of aryl methyl sites for hydroxylation is 3. The molecule has 0 bridgehead atoms. The first kappa shape index (κ1) is 21.1. The molecule has 0 fully saturated rings. The molecule has 3 N–H and O–H groups in total. The fraction of sp³-hybridized carbons (Fsp3) is 0.111. The van der Waals surface area contributed by atoms with Gasteiger partial charge >= 0.3 is 0 Å². The van der Waals surface area contributed by atoms with Gasteiger partial charge in [0.1, 0.15) is 11.5 Å². The van der Waals surface area contributed by atoms with Crippen molar-refractivity contribution in [3.05, 3.63) is 95.6 Å². The molecule has 5 heteroatoms. The van der Waals surface area contributed by atoms with Gasteiger partial charge < -0.3 is 20.1 Å². The summed E-state index contributed by atoms with van der Waals surface area (Å²) in [4.78, 5) is 1.79. The van der Waals surface area contributed by atoms with Gasteiger partial charge in [-0.25, -0.2) is 0 Å². The van der Waals surface area contributed by atoms with Gasteiger partial charge in [-0.05, 0) is 73.9 Å². The number of benzene rings is 4. The largest absolute Gasteiger partial charge is 0.506 e. The van der Waals surface area contributed by atoms with Crippen molar-refractivity contribution in [2.45, 2.75) is 20.8 Å². The van der Waals surface area contributed by atoms with E-state index >= 15 is 0 Å². The number of ether oxygens (including phenoxy) is 1. The summed E-state index contributed by atoms with van der Waals surface area (Å²) in [5, 5.41) is 32.0. The van der Waals surface area contributed by atoms with Crippen LogP contribution in [0.3, 0.4) is 0 Å². The molecule has 0 saturated heterocycles. The molecule has 0 atom stereocenters. The number of hydrogen-bond acceptors (Lipinski definition) is 5. The van der Waals surface area contributed by atoms with Crippen molar-refractivity contribution in [3.8, 4) is 28.7 Å². The molecular formula is C27H25NO4. The number of para-hydroxylation sites is 4. The van der Waals surface area contributed by atoms with E-state index in [2.05, 4.69) is 0 Å². The van der Waals surface area contributed by atoms with E-state index in [1.807, 2.05) is 57.2 Å². The molecule has 0 aromatic heterocycles. The highest BCUT2D eigenvalue weighted by atomic mass is 16.5. The minimum atomic E-state index is 0.0313. The minimum absolute atomic E-state index is 0.0313. The van der Waals surface area contributed by atoms with Crippen LogP contribution >= 0.6 is 0 Å². The topological polar surface area (TPSA) is 73.2 Å². The van der Waals surface area contributed by atoms with Crippen molar-refractivity contribution in [1.29, 1.82) is 0 Å². The van der Waals surface area contributed by atoms with Crippen molar-refractivity contribution in [2.24, 2.45) is 0 Å². The maximum Gasteiger partial charge on any atom is 0.169 e. The van der Waals surface area contributed by atoms with Crippen LogP contribution < -0.4 is 9.64 Å². The number of aromatic hydroxyl groups is 3. The second kappa shape index (κ2) is 8.55. The van der Waals surface area contributed by atoms with Crippen molar-refractivity contribution < 1.29 is 20.1 Å². The molecule has 0 heterocycles. The number of hydrogen-bond donors (Lipinski definition) is 3. The summed E-state index contributed by atoms with van der Waals surface area (Å²) in [7, 11) is 0. The Labute approximate surface area is 187 Å². The zero-order chi connectivity index (χ0) is 22.8. The van der Waals surface area contributed by atoms with Crippen molar-refractivity contribution in [2.75, 3.05) is 4.90 Å². The van der Waals surface area contributed by atoms with Crippen molar-refractivity contribution in [1.82, 2.24) is 0 Å². The second-order valence-corrected chi connectivity index (χ2v) is 7.76. The van der Waals surface area contributed by atoms with E-state index in [4.69, 9.17) is 4.74 Å². The highest BCUT2D eigenvalue weighted by Gasteiger charge is 2.25. The molecule has 32 heavy (non-hydrogen) atoms. The van der Waals surface area contributed by atoms with E-state index in [9.17, 15) is 15.3 Å².